The molecule has 4 heteroatoms. The smallest absolute Gasteiger partial charge is 0.338 e. The molecule has 0 radical (unpaired) electrons. The second-order valence-electron chi connectivity index (χ2n) is 6.15. The molecule has 0 saturated heterocycles. The summed E-state index contributed by atoms with van der Waals surface area (Å²) < 4.78 is 5.44. The third-order valence-electron chi connectivity index (χ3n) is 3.90. The maximum Gasteiger partial charge on any atom is 0.338 e. The summed E-state index contributed by atoms with van der Waals surface area (Å²) in [5, 5.41) is 0. The maximum atomic E-state index is 12.4. The van der Waals surface area contributed by atoms with Crippen molar-refractivity contribution in [3.8, 4) is 0 Å². The van der Waals surface area contributed by atoms with Crippen LogP contribution >= 0.6 is 0 Å². The lowest BCUT2D eigenvalue weighted by molar-refractivity contribution is 0.0472. The van der Waals surface area contributed by atoms with Crippen molar-refractivity contribution in [1.29, 1.82) is 0 Å². The van der Waals surface area contributed by atoms with Crippen LogP contribution < -0.4 is 0 Å². The number of nitrogens with zero attached hydrogens (tertiary/aromatic N) is 2. The third kappa shape index (κ3) is 4.44. The topological polar surface area (TPSA) is 41.9 Å². The van der Waals surface area contributed by atoms with Crippen LogP contribution in [0.4, 0.5) is 5.69 Å². The molecule has 0 fully saturated rings. The highest BCUT2D eigenvalue weighted by molar-refractivity contribution is 5.92. The summed E-state index contributed by atoms with van der Waals surface area (Å²) in [7, 11) is 3.84. The van der Waals surface area contributed by atoms with Crippen LogP contribution in [0, 0.1) is 20.8 Å². The Morgan fingerprint density at radius 2 is 1.71 bits per heavy atom. The van der Waals surface area contributed by atoms with Crippen molar-refractivity contribution in [2.45, 2.75) is 27.4 Å². The number of aliphatic imine (C=N–C) groups is 1. The summed E-state index contributed by atoms with van der Waals surface area (Å²) in [5.41, 5.74) is 5.50. The van der Waals surface area contributed by atoms with E-state index in [0.29, 0.717) is 5.56 Å². The Balaban J connectivity index is 2.12. The lowest BCUT2D eigenvalue weighted by Crippen LogP contribution is -2.09. The van der Waals surface area contributed by atoms with Crippen molar-refractivity contribution in [3.05, 3.63) is 64.2 Å². The third-order valence-corrected chi connectivity index (χ3v) is 3.90. The largest absolute Gasteiger partial charge is 0.457 e. The van der Waals surface area contributed by atoms with Gasteiger partial charge in [0.05, 0.1) is 17.6 Å². The van der Waals surface area contributed by atoms with E-state index in [1.807, 2.05) is 70.1 Å². The van der Waals surface area contributed by atoms with Crippen molar-refractivity contribution < 1.29 is 9.53 Å². The molecule has 0 aliphatic heterocycles. The van der Waals surface area contributed by atoms with Crippen LogP contribution in [0.25, 0.3) is 0 Å². The van der Waals surface area contributed by atoms with E-state index in [1.165, 1.54) is 5.56 Å². The standard InChI is InChI=1S/C20H24N2O2/c1-14-6-8-17(9-7-14)12-24-20(23)18-10-11-19(16(3)15(18)2)21-13-22(4)5/h6-11,13H,12H2,1-5H3/b21-13+. The van der Waals surface area contributed by atoms with E-state index in [4.69, 9.17) is 4.74 Å². The molecule has 4 nitrogen and oxygen atoms in total. The summed E-state index contributed by atoms with van der Waals surface area (Å²) in [5.74, 6) is -0.306. The van der Waals surface area contributed by atoms with Crippen LogP contribution in [0.1, 0.15) is 32.6 Å². The maximum absolute atomic E-state index is 12.4. The molecule has 0 aliphatic rings. The lowest BCUT2D eigenvalue weighted by Gasteiger charge is -2.12. The Kier molecular flexibility index (Phi) is 5.74. The number of aryl methyl sites for hydroxylation is 1. The monoisotopic (exact) mass is 324 g/mol. The highest BCUT2D eigenvalue weighted by atomic mass is 16.5. The van der Waals surface area contributed by atoms with E-state index >= 15 is 0 Å². The van der Waals surface area contributed by atoms with Gasteiger partial charge in [-0.2, -0.15) is 0 Å². The fourth-order valence-electron chi connectivity index (χ4n) is 2.26. The Morgan fingerprint density at radius 3 is 2.33 bits per heavy atom. The van der Waals surface area contributed by atoms with Gasteiger partial charge in [-0.05, 0) is 49.6 Å². The van der Waals surface area contributed by atoms with Crippen molar-refractivity contribution in [1.82, 2.24) is 4.90 Å². The van der Waals surface area contributed by atoms with Gasteiger partial charge in [-0.25, -0.2) is 9.79 Å². The van der Waals surface area contributed by atoms with Crippen molar-refractivity contribution in [2.24, 2.45) is 4.99 Å². The molecule has 0 spiro atoms. The Bertz CT molecular complexity index is 747. The molecular formula is C20H24N2O2. The Labute approximate surface area is 143 Å². The van der Waals surface area contributed by atoms with E-state index in [1.54, 1.807) is 12.4 Å². The summed E-state index contributed by atoms with van der Waals surface area (Å²) in [4.78, 5) is 18.7. The van der Waals surface area contributed by atoms with Gasteiger partial charge in [-0.3, -0.25) is 0 Å². The summed E-state index contributed by atoms with van der Waals surface area (Å²) in [6.45, 7) is 6.20. The highest BCUT2D eigenvalue weighted by Gasteiger charge is 2.14. The second-order valence-corrected chi connectivity index (χ2v) is 6.15. The molecule has 0 amide bonds. The number of carbonyl (C=O) groups is 1. The SMILES string of the molecule is Cc1ccc(COC(=O)c2ccc(/N=C/N(C)C)c(C)c2C)cc1. The second kappa shape index (κ2) is 7.77. The van der Waals surface area contributed by atoms with Gasteiger partial charge in [0.15, 0.2) is 0 Å². The molecule has 2 aromatic carbocycles. The molecule has 0 aliphatic carbocycles. The molecule has 0 atom stereocenters. The Hall–Kier alpha value is -2.62. The first-order chi connectivity index (χ1) is 11.4. The van der Waals surface area contributed by atoms with Gasteiger partial charge in [0, 0.05) is 14.1 Å². The number of hydrogen-bond acceptors (Lipinski definition) is 3. The zero-order chi connectivity index (χ0) is 17.7. The average Bonchev–Trinajstić information content (AvgIpc) is 2.55. The van der Waals surface area contributed by atoms with Crippen molar-refractivity contribution in [3.63, 3.8) is 0 Å². The van der Waals surface area contributed by atoms with E-state index in [-0.39, 0.29) is 12.6 Å². The van der Waals surface area contributed by atoms with Gasteiger partial charge in [-0.15, -0.1) is 0 Å². The van der Waals surface area contributed by atoms with E-state index < -0.39 is 0 Å². The number of hydrogen-bond donors (Lipinski definition) is 0. The fourth-order valence-corrected chi connectivity index (χ4v) is 2.26. The molecule has 2 rings (SSSR count). The van der Waals surface area contributed by atoms with Crippen LogP contribution in [0.2, 0.25) is 0 Å². The molecule has 0 N–H and O–H groups in total. The molecule has 0 aromatic heterocycles. The van der Waals surface area contributed by atoms with Crippen LogP contribution in [0.15, 0.2) is 41.4 Å². The first kappa shape index (κ1) is 17.7. The van der Waals surface area contributed by atoms with E-state index in [0.717, 1.165) is 22.4 Å². The zero-order valence-electron chi connectivity index (χ0n) is 15.0. The first-order valence-electron chi connectivity index (χ1n) is 7.92. The first-order valence-corrected chi connectivity index (χ1v) is 7.92. The predicted octanol–water partition coefficient (Wildman–Crippen LogP) is 4.19. The van der Waals surface area contributed by atoms with Gasteiger partial charge in [0.1, 0.15) is 6.61 Å². The van der Waals surface area contributed by atoms with Gasteiger partial charge in [0.2, 0.25) is 0 Å². The van der Waals surface area contributed by atoms with Crippen LogP contribution in [0.5, 0.6) is 0 Å². The molecule has 0 bridgehead atoms. The molecule has 0 saturated carbocycles. The van der Waals surface area contributed by atoms with Crippen molar-refractivity contribution >= 4 is 18.0 Å². The van der Waals surface area contributed by atoms with Gasteiger partial charge in [-0.1, -0.05) is 29.8 Å². The number of benzene rings is 2. The number of ether oxygens (including phenoxy) is 1. The number of carbonyl (C=O) groups excluding carboxylic acids is 1. The Morgan fingerprint density at radius 1 is 1.04 bits per heavy atom. The van der Waals surface area contributed by atoms with E-state index in [9.17, 15) is 4.79 Å². The predicted molar refractivity (Wildman–Crippen MR) is 98.1 cm³/mol. The summed E-state index contributed by atoms with van der Waals surface area (Å²) in [6.07, 6.45) is 1.75. The van der Waals surface area contributed by atoms with E-state index in [2.05, 4.69) is 4.99 Å². The quantitative estimate of drug-likeness (QED) is 0.470. The number of esters is 1. The molecule has 0 heterocycles. The minimum absolute atomic E-state index is 0.276. The number of rotatable bonds is 5. The van der Waals surface area contributed by atoms with Gasteiger partial charge in [0.25, 0.3) is 0 Å². The molecule has 126 valence electrons. The summed E-state index contributed by atoms with van der Waals surface area (Å²) >= 11 is 0. The van der Waals surface area contributed by atoms with Crippen LogP contribution in [0.3, 0.4) is 0 Å². The van der Waals surface area contributed by atoms with Crippen LogP contribution in [-0.4, -0.2) is 31.3 Å². The minimum Gasteiger partial charge on any atom is -0.457 e. The average molecular weight is 324 g/mol. The lowest BCUT2D eigenvalue weighted by atomic mass is 10.0. The van der Waals surface area contributed by atoms with Crippen molar-refractivity contribution in [2.75, 3.05) is 14.1 Å². The fraction of sp³-hybridized carbons (Fsp3) is 0.300. The molecular weight excluding hydrogens is 300 g/mol. The molecule has 0 unspecified atom stereocenters. The summed E-state index contributed by atoms with van der Waals surface area (Å²) in [6, 6.07) is 11.6. The highest BCUT2D eigenvalue weighted by Crippen LogP contribution is 2.25. The normalized spacial score (nSPS) is 10.9. The minimum atomic E-state index is -0.306. The van der Waals surface area contributed by atoms with Gasteiger partial charge < -0.3 is 9.64 Å². The molecule has 2 aromatic rings. The zero-order valence-corrected chi connectivity index (χ0v) is 15.0. The molecule has 24 heavy (non-hydrogen) atoms. The van der Waals surface area contributed by atoms with Crippen LogP contribution in [-0.2, 0) is 11.3 Å². The van der Waals surface area contributed by atoms with Gasteiger partial charge >= 0.3 is 5.97 Å².